The highest BCUT2D eigenvalue weighted by Crippen LogP contribution is 2.31. The first kappa shape index (κ1) is 12.9. The highest BCUT2D eigenvalue weighted by atomic mass is 35.5. The number of fused-ring (bicyclic) bond motifs is 1. The van der Waals surface area contributed by atoms with Crippen molar-refractivity contribution >= 4 is 28.4 Å². The van der Waals surface area contributed by atoms with Crippen LogP contribution in [0.2, 0.25) is 5.02 Å². The van der Waals surface area contributed by atoms with Crippen molar-refractivity contribution in [1.29, 1.82) is 0 Å². The third kappa shape index (κ3) is 2.23. The molecular formula is C15H14ClN3O. The Labute approximate surface area is 121 Å². The maximum absolute atomic E-state index is 6.14. The van der Waals surface area contributed by atoms with Gasteiger partial charge in [-0.1, -0.05) is 30.7 Å². The van der Waals surface area contributed by atoms with E-state index in [1.807, 2.05) is 44.3 Å². The average Bonchev–Trinajstić information content (AvgIpc) is 2.92. The number of aryl methyl sites for hydroxylation is 1. The van der Waals surface area contributed by atoms with Gasteiger partial charge in [0.1, 0.15) is 17.3 Å². The Morgan fingerprint density at radius 1 is 1.25 bits per heavy atom. The molecule has 3 aromatic rings. The second-order valence-corrected chi connectivity index (χ2v) is 4.83. The highest BCUT2D eigenvalue weighted by molar-refractivity contribution is 6.34. The molecule has 0 radical (unpaired) electrons. The molecule has 1 N–H and O–H groups in total. The lowest BCUT2D eigenvalue weighted by Crippen LogP contribution is -2.00. The van der Waals surface area contributed by atoms with E-state index in [-0.39, 0.29) is 0 Å². The molecule has 5 heteroatoms. The van der Waals surface area contributed by atoms with Crippen molar-refractivity contribution in [2.75, 3.05) is 12.4 Å². The largest absolute Gasteiger partial charge is 0.453 e. The van der Waals surface area contributed by atoms with Crippen LogP contribution in [0.25, 0.3) is 22.4 Å². The van der Waals surface area contributed by atoms with Crippen LogP contribution in [0.4, 0.5) is 5.82 Å². The Balaban J connectivity index is 2.17. The lowest BCUT2D eigenvalue weighted by molar-refractivity contribution is 0.627. The second kappa shape index (κ2) is 5.13. The summed E-state index contributed by atoms with van der Waals surface area (Å²) >= 11 is 6.14. The lowest BCUT2D eigenvalue weighted by Gasteiger charge is -2.04. The minimum atomic E-state index is 0.604. The molecule has 1 aromatic carbocycles. The number of para-hydroxylation sites is 1. The molecule has 0 spiro atoms. The molecule has 0 aliphatic heterocycles. The molecule has 0 bridgehead atoms. The van der Waals surface area contributed by atoms with E-state index in [2.05, 4.69) is 15.3 Å². The summed E-state index contributed by atoms with van der Waals surface area (Å²) in [5.41, 5.74) is 1.44. The van der Waals surface area contributed by atoms with Gasteiger partial charge < -0.3 is 9.73 Å². The summed E-state index contributed by atoms with van der Waals surface area (Å²) in [6, 6.07) is 9.50. The Bertz CT molecular complexity index is 745. The molecule has 2 heterocycles. The van der Waals surface area contributed by atoms with Gasteiger partial charge in [0.2, 0.25) is 0 Å². The molecule has 0 atom stereocenters. The van der Waals surface area contributed by atoms with Gasteiger partial charge >= 0.3 is 0 Å². The van der Waals surface area contributed by atoms with Gasteiger partial charge in [0.05, 0.1) is 5.02 Å². The summed E-state index contributed by atoms with van der Waals surface area (Å²) in [6.45, 7) is 2.02. The smallest absolute Gasteiger partial charge is 0.154 e. The molecule has 2 aromatic heterocycles. The van der Waals surface area contributed by atoms with Crippen LogP contribution in [0.1, 0.15) is 12.7 Å². The van der Waals surface area contributed by atoms with Gasteiger partial charge in [-0.2, -0.15) is 0 Å². The predicted octanol–water partition coefficient (Wildman–Crippen LogP) is 4.15. The number of furan rings is 1. The van der Waals surface area contributed by atoms with Crippen LogP contribution in [0.15, 0.2) is 34.7 Å². The van der Waals surface area contributed by atoms with E-state index in [1.165, 1.54) is 0 Å². The quantitative estimate of drug-likeness (QED) is 0.786. The van der Waals surface area contributed by atoms with E-state index in [0.29, 0.717) is 16.4 Å². The molecule has 4 nitrogen and oxygen atoms in total. The maximum Gasteiger partial charge on any atom is 0.154 e. The van der Waals surface area contributed by atoms with E-state index >= 15 is 0 Å². The van der Waals surface area contributed by atoms with Gasteiger partial charge in [-0.3, -0.25) is 0 Å². The third-order valence-electron chi connectivity index (χ3n) is 3.09. The molecule has 3 rings (SSSR count). The van der Waals surface area contributed by atoms with E-state index < -0.39 is 0 Å². The topological polar surface area (TPSA) is 51.0 Å². The molecule has 0 saturated heterocycles. The first-order valence-electron chi connectivity index (χ1n) is 6.45. The predicted molar refractivity (Wildman–Crippen MR) is 81.2 cm³/mol. The van der Waals surface area contributed by atoms with Crippen LogP contribution >= 0.6 is 11.6 Å². The molecule has 20 heavy (non-hydrogen) atoms. The summed E-state index contributed by atoms with van der Waals surface area (Å²) in [5, 5.41) is 4.61. The first-order chi connectivity index (χ1) is 9.71. The number of rotatable bonds is 3. The average molecular weight is 288 g/mol. The standard InChI is InChI=1S/C15H14ClN3O/c1-3-13-18-11(8-14(17-2)19-13)12-7-9-5-4-6-10(16)15(9)20-12/h4-8H,3H2,1-2H3,(H,17,18,19). The SMILES string of the molecule is CCc1nc(NC)cc(-c2cc3cccc(Cl)c3o2)n1. The van der Waals surface area contributed by atoms with Gasteiger partial charge in [-0.25, -0.2) is 9.97 Å². The first-order valence-corrected chi connectivity index (χ1v) is 6.83. The zero-order valence-corrected chi connectivity index (χ0v) is 12.0. The minimum absolute atomic E-state index is 0.604. The van der Waals surface area contributed by atoms with E-state index in [1.54, 1.807) is 0 Å². The van der Waals surface area contributed by atoms with Crippen molar-refractivity contribution in [1.82, 2.24) is 9.97 Å². The van der Waals surface area contributed by atoms with E-state index in [0.717, 1.165) is 29.1 Å². The molecule has 0 unspecified atom stereocenters. The number of nitrogens with one attached hydrogen (secondary N) is 1. The van der Waals surface area contributed by atoms with Crippen LogP contribution < -0.4 is 5.32 Å². The normalized spacial score (nSPS) is 10.9. The third-order valence-corrected chi connectivity index (χ3v) is 3.39. The van der Waals surface area contributed by atoms with E-state index in [4.69, 9.17) is 16.0 Å². The van der Waals surface area contributed by atoms with Gasteiger partial charge in [-0.05, 0) is 12.1 Å². The van der Waals surface area contributed by atoms with Crippen LogP contribution in [-0.4, -0.2) is 17.0 Å². The van der Waals surface area contributed by atoms with Gasteiger partial charge in [0.25, 0.3) is 0 Å². The maximum atomic E-state index is 6.14. The summed E-state index contributed by atoms with van der Waals surface area (Å²) < 4.78 is 5.83. The summed E-state index contributed by atoms with van der Waals surface area (Å²) in [5.74, 6) is 2.25. The van der Waals surface area contributed by atoms with Crippen LogP contribution in [0.3, 0.4) is 0 Å². The van der Waals surface area contributed by atoms with Gasteiger partial charge in [0, 0.05) is 24.9 Å². The Morgan fingerprint density at radius 3 is 2.80 bits per heavy atom. The Hall–Kier alpha value is -2.07. The number of anilines is 1. The van der Waals surface area contributed by atoms with E-state index in [9.17, 15) is 0 Å². The fraction of sp³-hybridized carbons (Fsp3) is 0.200. The number of halogens is 1. The van der Waals surface area contributed by atoms with Crippen molar-refractivity contribution in [3.8, 4) is 11.5 Å². The molecule has 0 aliphatic rings. The molecule has 0 aliphatic carbocycles. The molecule has 0 fully saturated rings. The Kier molecular flexibility index (Phi) is 3.32. The monoisotopic (exact) mass is 287 g/mol. The fourth-order valence-corrected chi connectivity index (χ4v) is 2.28. The fourth-order valence-electron chi connectivity index (χ4n) is 2.06. The summed E-state index contributed by atoms with van der Waals surface area (Å²) in [6.07, 6.45) is 0.767. The lowest BCUT2D eigenvalue weighted by atomic mass is 10.2. The Morgan fingerprint density at radius 2 is 2.10 bits per heavy atom. The number of aromatic nitrogens is 2. The molecule has 102 valence electrons. The second-order valence-electron chi connectivity index (χ2n) is 4.43. The number of benzene rings is 1. The highest BCUT2D eigenvalue weighted by Gasteiger charge is 2.12. The number of hydrogen-bond acceptors (Lipinski definition) is 4. The summed E-state index contributed by atoms with van der Waals surface area (Å²) in [4.78, 5) is 8.88. The van der Waals surface area contributed by atoms with Crippen molar-refractivity contribution in [3.05, 3.63) is 41.2 Å². The molecule has 0 saturated carbocycles. The summed E-state index contributed by atoms with van der Waals surface area (Å²) in [7, 11) is 1.83. The van der Waals surface area contributed by atoms with Gasteiger partial charge in [-0.15, -0.1) is 0 Å². The zero-order valence-electron chi connectivity index (χ0n) is 11.3. The van der Waals surface area contributed by atoms with Crippen LogP contribution in [0, 0.1) is 0 Å². The van der Waals surface area contributed by atoms with Crippen molar-refractivity contribution < 1.29 is 4.42 Å². The number of hydrogen-bond donors (Lipinski definition) is 1. The van der Waals surface area contributed by atoms with Crippen molar-refractivity contribution in [2.24, 2.45) is 0 Å². The minimum Gasteiger partial charge on any atom is -0.453 e. The van der Waals surface area contributed by atoms with Crippen molar-refractivity contribution in [2.45, 2.75) is 13.3 Å². The zero-order chi connectivity index (χ0) is 14.1. The molecule has 0 amide bonds. The van der Waals surface area contributed by atoms with Crippen LogP contribution in [-0.2, 0) is 6.42 Å². The van der Waals surface area contributed by atoms with Gasteiger partial charge in [0.15, 0.2) is 11.3 Å². The molecular weight excluding hydrogens is 274 g/mol. The van der Waals surface area contributed by atoms with Crippen molar-refractivity contribution in [3.63, 3.8) is 0 Å². The number of nitrogens with zero attached hydrogens (tertiary/aromatic N) is 2. The van der Waals surface area contributed by atoms with Crippen LogP contribution in [0.5, 0.6) is 0 Å².